The Morgan fingerprint density at radius 2 is 2.15 bits per heavy atom. The van der Waals surface area contributed by atoms with E-state index < -0.39 is 0 Å². The van der Waals surface area contributed by atoms with Gasteiger partial charge in [0.15, 0.2) is 0 Å². The smallest absolute Gasteiger partial charge is 0.259 e. The summed E-state index contributed by atoms with van der Waals surface area (Å²) in [5, 5.41) is 3.85. The van der Waals surface area contributed by atoms with Gasteiger partial charge in [-0.2, -0.15) is 0 Å². The fraction of sp³-hybridized carbons (Fsp3) is 0.650. The molecule has 2 aromatic heterocycles. The Hall–Kier alpha value is -1.34. The zero-order chi connectivity index (χ0) is 19.4. The lowest BCUT2D eigenvalue weighted by atomic mass is 9.98. The monoisotopic (exact) mass is 407 g/mol. The topological polar surface area (TPSA) is 74.8 Å². The van der Waals surface area contributed by atoms with Crippen LogP contribution in [0.1, 0.15) is 62.2 Å². The Balaban J connectivity index is 1.64. The molecular weight excluding hydrogens is 378 g/mol. The number of aromatic amines is 1. The molecule has 0 radical (unpaired) electrons. The first-order valence-electron chi connectivity index (χ1n) is 9.86. The van der Waals surface area contributed by atoms with E-state index in [2.05, 4.69) is 36.1 Å². The Labute approximate surface area is 168 Å². The molecule has 2 heterocycles. The van der Waals surface area contributed by atoms with Crippen LogP contribution in [0, 0.1) is 12.8 Å². The van der Waals surface area contributed by atoms with Crippen molar-refractivity contribution in [3.05, 3.63) is 26.6 Å². The summed E-state index contributed by atoms with van der Waals surface area (Å²) in [7, 11) is 0. The van der Waals surface area contributed by atoms with Gasteiger partial charge in [0, 0.05) is 10.9 Å². The van der Waals surface area contributed by atoms with Gasteiger partial charge in [0.1, 0.15) is 10.7 Å². The number of amides is 1. The number of rotatable bonds is 8. The van der Waals surface area contributed by atoms with E-state index in [1.54, 1.807) is 11.3 Å². The van der Waals surface area contributed by atoms with Gasteiger partial charge in [-0.25, -0.2) is 4.98 Å². The third-order valence-corrected chi connectivity index (χ3v) is 7.34. The van der Waals surface area contributed by atoms with Crippen molar-refractivity contribution in [1.82, 2.24) is 15.3 Å². The number of carbonyl (C=O) groups is 1. The highest BCUT2D eigenvalue weighted by atomic mass is 32.2. The lowest BCUT2D eigenvalue weighted by Gasteiger charge is -2.11. The van der Waals surface area contributed by atoms with Crippen molar-refractivity contribution >= 4 is 39.2 Å². The van der Waals surface area contributed by atoms with Crippen LogP contribution < -0.4 is 10.9 Å². The molecule has 2 aromatic rings. The van der Waals surface area contributed by atoms with Gasteiger partial charge in [-0.15, -0.1) is 23.1 Å². The van der Waals surface area contributed by atoms with Gasteiger partial charge in [-0.05, 0) is 37.7 Å². The minimum atomic E-state index is -0.0475. The molecule has 2 N–H and O–H groups in total. The lowest BCUT2D eigenvalue weighted by molar-refractivity contribution is -0.119. The van der Waals surface area contributed by atoms with E-state index in [1.807, 2.05) is 0 Å². The molecule has 27 heavy (non-hydrogen) atoms. The highest BCUT2D eigenvalue weighted by Gasteiger charge is 2.18. The summed E-state index contributed by atoms with van der Waals surface area (Å²) < 4.78 is 0. The largest absolute Gasteiger partial charge is 0.353 e. The maximum Gasteiger partial charge on any atom is 0.259 e. The molecule has 0 aromatic carbocycles. The predicted molar refractivity (Wildman–Crippen MR) is 115 cm³/mol. The third kappa shape index (κ3) is 5.13. The molecular formula is C20H29N3O2S2. The number of carbonyl (C=O) groups excluding carboxylic acids is 1. The fourth-order valence-corrected chi connectivity index (χ4v) is 5.38. The summed E-state index contributed by atoms with van der Waals surface area (Å²) in [6.07, 6.45) is 6.63. The molecule has 1 aliphatic carbocycles. The molecule has 7 heteroatoms. The Morgan fingerprint density at radius 3 is 2.85 bits per heavy atom. The van der Waals surface area contributed by atoms with Gasteiger partial charge in [-0.3, -0.25) is 9.59 Å². The standard InChI is InChI=1S/C20H29N3O2S2/c1-4-12(2)9-15-13(3)27-20-18(15)19(25)22-16(23-20)10-26-11-17(24)21-14-7-5-6-8-14/h12,14H,4-11H2,1-3H3,(H,21,24)(H,22,23,25)/t12-/m1/s1. The molecule has 0 saturated heterocycles. The van der Waals surface area contributed by atoms with Crippen molar-refractivity contribution in [2.45, 2.75) is 71.1 Å². The van der Waals surface area contributed by atoms with E-state index >= 15 is 0 Å². The van der Waals surface area contributed by atoms with Crippen LogP contribution in [-0.4, -0.2) is 27.7 Å². The fourth-order valence-electron chi connectivity index (χ4n) is 3.61. The predicted octanol–water partition coefficient (Wildman–Crippen LogP) is 4.17. The van der Waals surface area contributed by atoms with Crippen LogP contribution >= 0.6 is 23.1 Å². The Bertz CT molecular complexity index is 853. The maximum absolute atomic E-state index is 12.7. The number of nitrogens with zero attached hydrogens (tertiary/aromatic N) is 1. The Kier molecular flexibility index (Phi) is 6.98. The van der Waals surface area contributed by atoms with Crippen LogP contribution in [0.5, 0.6) is 0 Å². The van der Waals surface area contributed by atoms with Crippen molar-refractivity contribution in [2.24, 2.45) is 5.92 Å². The van der Waals surface area contributed by atoms with Gasteiger partial charge in [0.05, 0.1) is 16.9 Å². The number of hydrogen-bond donors (Lipinski definition) is 2. The molecule has 1 fully saturated rings. The first kappa shape index (κ1) is 20.4. The number of aromatic nitrogens is 2. The third-order valence-electron chi connectivity index (χ3n) is 5.35. The van der Waals surface area contributed by atoms with Crippen LogP contribution in [0.15, 0.2) is 4.79 Å². The number of thiophene rings is 1. The molecule has 0 spiro atoms. The summed E-state index contributed by atoms with van der Waals surface area (Å²) in [6.45, 7) is 6.46. The molecule has 1 saturated carbocycles. The first-order valence-corrected chi connectivity index (χ1v) is 11.8. The number of thioether (sulfide) groups is 1. The summed E-state index contributed by atoms with van der Waals surface area (Å²) in [5.41, 5.74) is 1.10. The molecule has 1 aliphatic rings. The lowest BCUT2D eigenvalue weighted by Crippen LogP contribution is -2.33. The average Bonchev–Trinajstić information content (AvgIpc) is 3.23. The summed E-state index contributed by atoms with van der Waals surface area (Å²) >= 11 is 3.10. The van der Waals surface area contributed by atoms with Crippen LogP contribution in [0.2, 0.25) is 0 Å². The summed E-state index contributed by atoms with van der Waals surface area (Å²) in [4.78, 5) is 34.3. The molecule has 1 atom stereocenters. The van der Waals surface area contributed by atoms with Crippen molar-refractivity contribution in [3.63, 3.8) is 0 Å². The number of nitrogens with one attached hydrogen (secondary N) is 2. The van der Waals surface area contributed by atoms with Gasteiger partial charge in [0.25, 0.3) is 5.56 Å². The zero-order valence-corrected chi connectivity index (χ0v) is 18.0. The quantitative estimate of drug-likeness (QED) is 0.688. The average molecular weight is 408 g/mol. The molecule has 5 nitrogen and oxygen atoms in total. The number of H-pyrrole nitrogens is 1. The summed E-state index contributed by atoms with van der Waals surface area (Å²) in [6, 6.07) is 0.352. The number of hydrogen-bond acceptors (Lipinski definition) is 5. The molecule has 1 amide bonds. The summed E-state index contributed by atoms with van der Waals surface area (Å²) in [5.74, 6) is 2.23. The van der Waals surface area contributed by atoms with Crippen LogP contribution in [0.3, 0.4) is 0 Å². The molecule has 0 unspecified atom stereocenters. The van der Waals surface area contributed by atoms with Crippen molar-refractivity contribution in [1.29, 1.82) is 0 Å². The van der Waals surface area contributed by atoms with E-state index in [0.29, 0.717) is 29.3 Å². The normalized spacial score (nSPS) is 16.1. The van der Waals surface area contributed by atoms with E-state index in [0.717, 1.165) is 41.5 Å². The SMILES string of the molecule is CC[C@@H](C)Cc1c(C)sc2nc(CSCC(=O)NC3CCCC3)[nH]c(=O)c12. The number of fused-ring (bicyclic) bond motifs is 1. The van der Waals surface area contributed by atoms with Gasteiger partial charge in [-0.1, -0.05) is 33.1 Å². The van der Waals surface area contributed by atoms with E-state index in [9.17, 15) is 9.59 Å². The van der Waals surface area contributed by atoms with Gasteiger partial charge in [0.2, 0.25) is 5.91 Å². The van der Waals surface area contributed by atoms with E-state index in [-0.39, 0.29) is 11.5 Å². The second-order valence-corrected chi connectivity index (χ2v) is 9.78. The highest BCUT2D eigenvalue weighted by molar-refractivity contribution is 7.99. The molecule has 3 rings (SSSR count). The van der Waals surface area contributed by atoms with Crippen LogP contribution in [0.4, 0.5) is 0 Å². The van der Waals surface area contributed by atoms with Gasteiger partial charge >= 0.3 is 0 Å². The zero-order valence-electron chi connectivity index (χ0n) is 16.4. The molecule has 148 valence electrons. The van der Waals surface area contributed by atoms with Crippen molar-refractivity contribution < 1.29 is 4.79 Å². The maximum atomic E-state index is 12.7. The first-order chi connectivity index (χ1) is 13.0. The van der Waals surface area contributed by atoms with Crippen molar-refractivity contribution in [2.75, 3.05) is 5.75 Å². The van der Waals surface area contributed by atoms with Crippen LogP contribution in [-0.2, 0) is 17.0 Å². The molecule has 0 bridgehead atoms. The second kappa shape index (κ2) is 9.24. The minimum absolute atomic E-state index is 0.0475. The minimum Gasteiger partial charge on any atom is -0.353 e. The van der Waals surface area contributed by atoms with Crippen molar-refractivity contribution in [3.8, 4) is 0 Å². The van der Waals surface area contributed by atoms with E-state index in [4.69, 9.17) is 0 Å². The molecule has 0 aliphatic heterocycles. The highest BCUT2D eigenvalue weighted by Crippen LogP contribution is 2.29. The number of aryl methyl sites for hydroxylation is 1. The Morgan fingerprint density at radius 1 is 1.41 bits per heavy atom. The second-order valence-electron chi connectivity index (χ2n) is 7.59. The van der Waals surface area contributed by atoms with Crippen LogP contribution in [0.25, 0.3) is 10.2 Å². The van der Waals surface area contributed by atoms with Gasteiger partial charge < -0.3 is 10.3 Å². The van der Waals surface area contributed by atoms with E-state index in [1.165, 1.54) is 29.5 Å².